The van der Waals surface area contributed by atoms with Gasteiger partial charge in [0, 0.05) is 6.54 Å². The monoisotopic (exact) mass is 243 g/mol. The summed E-state index contributed by atoms with van der Waals surface area (Å²) in [4.78, 5) is 25.6. The van der Waals surface area contributed by atoms with Crippen LogP contribution < -0.4 is 11.1 Å². The number of carboxylic acid groups (broad SMARTS) is 1. The second kappa shape index (κ2) is 4.48. The maximum Gasteiger partial charge on any atom is 0.347 e. The molecule has 0 aliphatic rings. The maximum atomic E-state index is 11.0. The Hall–Kier alpha value is -1.63. The molecule has 0 atom stereocenters. The summed E-state index contributed by atoms with van der Waals surface area (Å²) in [6.45, 7) is 3.72. The van der Waals surface area contributed by atoms with Crippen molar-refractivity contribution < 1.29 is 14.7 Å². The fraction of sp³-hybridized carbons (Fsp3) is 0.444. The number of carbonyl (C=O) groups excluding carboxylic acids is 1. The van der Waals surface area contributed by atoms with Gasteiger partial charge in [0.15, 0.2) is 5.13 Å². The van der Waals surface area contributed by atoms with Crippen molar-refractivity contribution in [3.63, 3.8) is 0 Å². The standard InChI is InChI=1S/C9H13N3O3S/c1-9(2,7(10)15)4-12-8-11-3-5(16-8)6(13)14/h3H,4H2,1-2H3,(H2,10,15)(H,11,12)(H,13,14). The van der Waals surface area contributed by atoms with Crippen LogP contribution >= 0.6 is 11.3 Å². The zero-order valence-electron chi connectivity index (χ0n) is 8.98. The van der Waals surface area contributed by atoms with Gasteiger partial charge in [0.25, 0.3) is 0 Å². The van der Waals surface area contributed by atoms with Crippen LogP contribution in [-0.4, -0.2) is 28.5 Å². The Labute approximate surface area is 96.5 Å². The highest BCUT2D eigenvalue weighted by molar-refractivity contribution is 7.17. The molecule has 0 bridgehead atoms. The molecule has 0 aliphatic heterocycles. The van der Waals surface area contributed by atoms with E-state index in [1.54, 1.807) is 13.8 Å². The predicted octanol–water partition coefficient (Wildman–Crippen LogP) is 0.765. The molecule has 6 nitrogen and oxygen atoms in total. The van der Waals surface area contributed by atoms with Crippen LogP contribution in [0, 0.1) is 5.41 Å². The molecule has 1 amide bonds. The van der Waals surface area contributed by atoms with Crippen molar-refractivity contribution in [3.05, 3.63) is 11.1 Å². The van der Waals surface area contributed by atoms with E-state index in [0.717, 1.165) is 11.3 Å². The Morgan fingerprint density at radius 3 is 2.69 bits per heavy atom. The Morgan fingerprint density at radius 1 is 1.62 bits per heavy atom. The second-order valence-corrected chi connectivity index (χ2v) is 4.97. The van der Waals surface area contributed by atoms with E-state index in [1.807, 2.05) is 0 Å². The summed E-state index contributed by atoms with van der Waals surface area (Å²) < 4.78 is 0. The Balaban J connectivity index is 2.61. The quantitative estimate of drug-likeness (QED) is 0.708. The smallest absolute Gasteiger partial charge is 0.347 e. The van der Waals surface area contributed by atoms with Crippen LogP contribution in [0.2, 0.25) is 0 Å². The van der Waals surface area contributed by atoms with Gasteiger partial charge < -0.3 is 16.2 Å². The Kier molecular flexibility index (Phi) is 3.48. The number of amides is 1. The molecule has 0 radical (unpaired) electrons. The van der Waals surface area contributed by atoms with Gasteiger partial charge in [0.1, 0.15) is 4.88 Å². The lowest BCUT2D eigenvalue weighted by molar-refractivity contribution is -0.125. The molecule has 88 valence electrons. The lowest BCUT2D eigenvalue weighted by Gasteiger charge is -2.20. The minimum absolute atomic E-state index is 0.152. The molecule has 4 N–H and O–H groups in total. The fourth-order valence-corrected chi connectivity index (χ4v) is 1.49. The van der Waals surface area contributed by atoms with Crippen molar-refractivity contribution in [1.82, 2.24) is 4.98 Å². The highest BCUT2D eigenvalue weighted by atomic mass is 32.1. The minimum Gasteiger partial charge on any atom is -0.477 e. The summed E-state index contributed by atoms with van der Waals surface area (Å²) in [5.74, 6) is -1.44. The van der Waals surface area contributed by atoms with Gasteiger partial charge in [-0.3, -0.25) is 4.79 Å². The molecule has 0 fully saturated rings. The number of nitrogens with one attached hydrogen (secondary N) is 1. The molecule has 16 heavy (non-hydrogen) atoms. The Morgan fingerprint density at radius 2 is 2.25 bits per heavy atom. The number of primary amides is 1. The van der Waals surface area contributed by atoms with Crippen LogP contribution in [0.4, 0.5) is 5.13 Å². The van der Waals surface area contributed by atoms with E-state index < -0.39 is 17.3 Å². The zero-order valence-corrected chi connectivity index (χ0v) is 9.80. The summed E-state index contributed by atoms with van der Waals surface area (Å²) in [6, 6.07) is 0. The van der Waals surface area contributed by atoms with E-state index in [9.17, 15) is 9.59 Å². The van der Waals surface area contributed by atoms with Gasteiger partial charge >= 0.3 is 5.97 Å². The largest absolute Gasteiger partial charge is 0.477 e. The summed E-state index contributed by atoms with van der Waals surface area (Å²) in [6.07, 6.45) is 1.27. The van der Waals surface area contributed by atoms with Crippen molar-refractivity contribution >= 4 is 28.3 Å². The normalized spacial score (nSPS) is 11.1. The van der Waals surface area contributed by atoms with Gasteiger partial charge in [-0.05, 0) is 13.8 Å². The van der Waals surface area contributed by atoms with Crippen LogP contribution in [0.15, 0.2) is 6.20 Å². The number of nitrogens with zero attached hydrogens (tertiary/aromatic N) is 1. The lowest BCUT2D eigenvalue weighted by Crippen LogP contribution is -2.37. The molecule has 1 aromatic heterocycles. The van der Waals surface area contributed by atoms with Crippen LogP contribution in [0.25, 0.3) is 0 Å². The first-order valence-electron chi connectivity index (χ1n) is 4.56. The number of nitrogens with two attached hydrogens (primary N) is 1. The van der Waals surface area contributed by atoms with Crippen molar-refractivity contribution in [1.29, 1.82) is 0 Å². The lowest BCUT2D eigenvalue weighted by atomic mass is 9.93. The van der Waals surface area contributed by atoms with E-state index in [-0.39, 0.29) is 4.88 Å². The number of hydrogen-bond acceptors (Lipinski definition) is 5. The summed E-state index contributed by atoms with van der Waals surface area (Å²) in [7, 11) is 0. The topological polar surface area (TPSA) is 105 Å². The van der Waals surface area contributed by atoms with Gasteiger partial charge in [-0.2, -0.15) is 0 Å². The number of rotatable bonds is 5. The molecular weight excluding hydrogens is 230 g/mol. The van der Waals surface area contributed by atoms with Crippen molar-refractivity contribution in [3.8, 4) is 0 Å². The fourth-order valence-electron chi connectivity index (χ4n) is 0.838. The third-order valence-corrected chi connectivity index (χ3v) is 3.01. The molecule has 0 unspecified atom stereocenters. The molecule has 0 aliphatic carbocycles. The predicted molar refractivity (Wildman–Crippen MR) is 60.5 cm³/mol. The average molecular weight is 243 g/mol. The van der Waals surface area contributed by atoms with E-state index in [0.29, 0.717) is 11.7 Å². The van der Waals surface area contributed by atoms with Crippen LogP contribution in [0.1, 0.15) is 23.5 Å². The first kappa shape index (κ1) is 12.4. The van der Waals surface area contributed by atoms with E-state index in [2.05, 4.69) is 10.3 Å². The number of anilines is 1. The van der Waals surface area contributed by atoms with Gasteiger partial charge in [-0.25, -0.2) is 9.78 Å². The number of carboxylic acids is 1. The molecule has 0 saturated carbocycles. The highest BCUT2D eigenvalue weighted by Gasteiger charge is 2.25. The number of aromatic nitrogens is 1. The first-order chi connectivity index (χ1) is 7.33. The number of hydrogen-bond donors (Lipinski definition) is 3. The third kappa shape index (κ3) is 2.93. The third-order valence-electron chi connectivity index (χ3n) is 2.07. The number of aromatic carboxylic acids is 1. The summed E-state index contributed by atoms with van der Waals surface area (Å²) >= 11 is 1.02. The van der Waals surface area contributed by atoms with Crippen LogP contribution in [-0.2, 0) is 4.79 Å². The second-order valence-electron chi connectivity index (χ2n) is 3.94. The molecule has 0 spiro atoms. The first-order valence-corrected chi connectivity index (χ1v) is 5.37. The molecule has 1 aromatic rings. The van der Waals surface area contributed by atoms with Crippen molar-refractivity contribution in [2.24, 2.45) is 11.1 Å². The maximum absolute atomic E-state index is 11.0. The van der Waals surface area contributed by atoms with E-state index in [4.69, 9.17) is 10.8 Å². The minimum atomic E-state index is -1.01. The molecule has 7 heteroatoms. The zero-order chi connectivity index (χ0) is 12.3. The van der Waals surface area contributed by atoms with Crippen molar-refractivity contribution in [2.45, 2.75) is 13.8 Å². The van der Waals surface area contributed by atoms with Gasteiger partial charge in [-0.15, -0.1) is 0 Å². The highest BCUT2D eigenvalue weighted by Crippen LogP contribution is 2.20. The van der Waals surface area contributed by atoms with E-state index in [1.165, 1.54) is 6.20 Å². The summed E-state index contributed by atoms with van der Waals surface area (Å²) in [5, 5.41) is 12.0. The summed E-state index contributed by atoms with van der Waals surface area (Å²) in [5.41, 5.74) is 4.50. The average Bonchev–Trinajstić information content (AvgIpc) is 2.63. The SMILES string of the molecule is CC(C)(CNc1ncc(C(=O)O)s1)C(N)=O. The molecule has 1 rings (SSSR count). The molecule has 1 heterocycles. The van der Waals surface area contributed by atoms with Crippen LogP contribution in [0.3, 0.4) is 0 Å². The molecular formula is C9H13N3O3S. The van der Waals surface area contributed by atoms with Gasteiger partial charge in [0.05, 0.1) is 11.6 Å². The molecule has 0 saturated heterocycles. The number of thiazole rings is 1. The van der Waals surface area contributed by atoms with E-state index >= 15 is 0 Å². The van der Waals surface area contributed by atoms with Crippen molar-refractivity contribution in [2.75, 3.05) is 11.9 Å². The van der Waals surface area contributed by atoms with Gasteiger partial charge in [-0.1, -0.05) is 11.3 Å². The van der Waals surface area contributed by atoms with Crippen LogP contribution in [0.5, 0.6) is 0 Å². The molecule has 0 aromatic carbocycles. The Bertz CT molecular complexity index is 414. The number of carbonyl (C=O) groups is 2. The van der Waals surface area contributed by atoms with Gasteiger partial charge in [0.2, 0.25) is 5.91 Å².